The molecule has 7 heteroatoms. The number of anilines is 1. The van der Waals surface area contributed by atoms with E-state index in [2.05, 4.69) is 5.32 Å². The normalized spacial score (nSPS) is 16.2. The van der Waals surface area contributed by atoms with Gasteiger partial charge >= 0.3 is 0 Å². The molecule has 6 nitrogen and oxygen atoms in total. The highest BCUT2D eigenvalue weighted by molar-refractivity contribution is 6.30. The summed E-state index contributed by atoms with van der Waals surface area (Å²) in [5.41, 5.74) is 1.62. The van der Waals surface area contributed by atoms with E-state index in [1.807, 2.05) is 25.1 Å². The van der Waals surface area contributed by atoms with Crippen LogP contribution in [0.5, 0.6) is 11.5 Å². The molecule has 1 aliphatic heterocycles. The maximum Gasteiger partial charge on any atom is 0.239 e. The molecule has 1 N–H and O–H groups in total. The van der Waals surface area contributed by atoms with E-state index in [1.165, 1.54) is 0 Å². The fraction of sp³-hybridized carbons (Fsp3) is 0.333. The average Bonchev–Trinajstić information content (AvgIpc) is 3.09. The molecule has 0 aromatic heterocycles. The Balaban J connectivity index is 1.61. The zero-order valence-corrected chi connectivity index (χ0v) is 16.7. The van der Waals surface area contributed by atoms with Crippen LogP contribution in [-0.4, -0.2) is 32.1 Å². The van der Waals surface area contributed by atoms with Gasteiger partial charge in [0.25, 0.3) is 0 Å². The molecule has 0 bridgehead atoms. The van der Waals surface area contributed by atoms with E-state index in [9.17, 15) is 9.59 Å². The van der Waals surface area contributed by atoms with Crippen molar-refractivity contribution in [1.82, 2.24) is 5.32 Å². The highest BCUT2D eigenvalue weighted by Crippen LogP contribution is 2.29. The van der Waals surface area contributed by atoms with Crippen LogP contribution < -0.4 is 19.7 Å². The number of nitrogens with zero attached hydrogens (tertiary/aromatic N) is 1. The third kappa shape index (κ3) is 4.39. The largest absolute Gasteiger partial charge is 0.493 e. The first-order valence-electron chi connectivity index (χ1n) is 9.18. The third-order valence-corrected chi connectivity index (χ3v) is 4.91. The Bertz CT molecular complexity index is 854. The number of hydrogen-bond donors (Lipinski definition) is 1. The van der Waals surface area contributed by atoms with Crippen LogP contribution in [0, 0.1) is 5.92 Å². The fourth-order valence-corrected chi connectivity index (χ4v) is 3.34. The summed E-state index contributed by atoms with van der Waals surface area (Å²) in [7, 11) is 1.57. The summed E-state index contributed by atoms with van der Waals surface area (Å²) in [4.78, 5) is 26.8. The third-order valence-electron chi connectivity index (χ3n) is 4.65. The van der Waals surface area contributed by atoms with Gasteiger partial charge in [-0.05, 0) is 55.3 Å². The molecule has 1 fully saturated rings. The highest BCUT2D eigenvalue weighted by atomic mass is 35.5. The number of amides is 2. The zero-order valence-electron chi connectivity index (χ0n) is 15.9. The molecule has 28 heavy (non-hydrogen) atoms. The highest BCUT2D eigenvalue weighted by Gasteiger charge is 2.37. The first-order chi connectivity index (χ1) is 13.5. The lowest BCUT2D eigenvalue weighted by molar-refractivity contribution is -0.132. The van der Waals surface area contributed by atoms with E-state index in [0.717, 1.165) is 11.3 Å². The minimum atomic E-state index is -0.680. The minimum Gasteiger partial charge on any atom is -0.493 e. The monoisotopic (exact) mass is 402 g/mol. The van der Waals surface area contributed by atoms with Crippen molar-refractivity contribution in [2.24, 2.45) is 5.92 Å². The predicted molar refractivity (Wildman–Crippen MR) is 108 cm³/mol. The van der Waals surface area contributed by atoms with Gasteiger partial charge in [0.05, 0.1) is 13.7 Å². The number of rotatable bonds is 7. The smallest absolute Gasteiger partial charge is 0.239 e. The van der Waals surface area contributed by atoms with Gasteiger partial charge in [0.1, 0.15) is 5.92 Å². The molecule has 2 aromatic carbocycles. The summed E-state index contributed by atoms with van der Waals surface area (Å²) in [5, 5.41) is 3.46. The Morgan fingerprint density at radius 1 is 1.21 bits per heavy atom. The molecule has 2 amide bonds. The molecule has 1 atom stereocenters. The molecule has 2 aromatic rings. The first kappa shape index (κ1) is 20.0. The minimum absolute atomic E-state index is 0.191. The van der Waals surface area contributed by atoms with Crippen LogP contribution in [0.2, 0.25) is 5.02 Å². The topological polar surface area (TPSA) is 67.9 Å². The number of methoxy groups -OCH3 is 1. The molecule has 1 aliphatic rings. The quantitative estimate of drug-likeness (QED) is 0.720. The van der Waals surface area contributed by atoms with Crippen molar-refractivity contribution in [1.29, 1.82) is 0 Å². The zero-order chi connectivity index (χ0) is 20.1. The molecule has 3 rings (SSSR count). The standard InChI is InChI=1S/C21H23ClN2O4/c1-3-28-18-9-4-14(12-19(18)27-2)13-23-20(25)17-10-11-24(21(17)26)16-7-5-15(22)6-8-16/h4-9,12,17H,3,10-11,13H2,1-2H3,(H,23,25)/t17-/m1/s1. The lowest BCUT2D eigenvalue weighted by atomic mass is 10.1. The van der Waals surface area contributed by atoms with Gasteiger partial charge in [-0.2, -0.15) is 0 Å². The molecule has 0 aliphatic carbocycles. The van der Waals surface area contributed by atoms with Gasteiger partial charge in [0.15, 0.2) is 11.5 Å². The van der Waals surface area contributed by atoms with E-state index in [0.29, 0.717) is 42.6 Å². The van der Waals surface area contributed by atoms with E-state index in [1.54, 1.807) is 36.3 Å². The number of nitrogens with one attached hydrogen (secondary N) is 1. The van der Waals surface area contributed by atoms with Gasteiger partial charge in [0.2, 0.25) is 11.8 Å². The second kappa shape index (κ2) is 8.97. The van der Waals surface area contributed by atoms with Gasteiger partial charge < -0.3 is 19.7 Å². The number of carbonyl (C=O) groups excluding carboxylic acids is 2. The van der Waals surface area contributed by atoms with Crippen molar-refractivity contribution in [3.63, 3.8) is 0 Å². The Hall–Kier alpha value is -2.73. The van der Waals surface area contributed by atoms with Crippen molar-refractivity contribution < 1.29 is 19.1 Å². The summed E-state index contributed by atoms with van der Waals surface area (Å²) >= 11 is 5.90. The SMILES string of the molecule is CCOc1ccc(CNC(=O)[C@H]2CCN(c3ccc(Cl)cc3)C2=O)cc1OC. The Morgan fingerprint density at radius 3 is 2.64 bits per heavy atom. The van der Waals surface area contributed by atoms with Crippen molar-refractivity contribution in [3.8, 4) is 11.5 Å². The number of carbonyl (C=O) groups is 2. The molecule has 0 spiro atoms. The molecule has 1 saturated heterocycles. The van der Waals surface area contributed by atoms with Crippen LogP contribution in [0.1, 0.15) is 18.9 Å². The molecular weight excluding hydrogens is 380 g/mol. The van der Waals surface area contributed by atoms with Crippen LogP contribution >= 0.6 is 11.6 Å². The van der Waals surface area contributed by atoms with Crippen LogP contribution in [0.25, 0.3) is 0 Å². The Kier molecular flexibility index (Phi) is 6.41. The summed E-state index contributed by atoms with van der Waals surface area (Å²) in [5.74, 6) is 0.128. The Labute approximate surface area is 169 Å². The second-order valence-electron chi connectivity index (χ2n) is 6.44. The number of benzene rings is 2. The maximum absolute atomic E-state index is 12.7. The predicted octanol–water partition coefficient (Wildman–Crippen LogP) is 3.42. The Morgan fingerprint density at radius 2 is 1.96 bits per heavy atom. The van der Waals surface area contributed by atoms with Gasteiger partial charge in [0, 0.05) is 23.8 Å². The van der Waals surface area contributed by atoms with Crippen LogP contribution in [0.15, 0.2) is 42.5 Å². The first-order valence-corrected chi connectivity index (χ1v) is 9.55. The van der Waals surface area contributed by atoms with Gasteiger partial charge in [-0.15, -0.1) is 0 Å². The molecule has 0 radical (unpaired) electrons. The average molecular weight is 403 g/mol. The van der Waals surface area contributed by atoms with E-state index in [-0.39, 0.29) is 11.8 Å². The summed E-state index contributed by atoms with van der Waals surface area (Å²) < 4.78 is 10.8. The number of ether oxygens (including phenoxy) is 2. The van der Waals surface area contributed by atoms with Gasteiger partial charge in [-0.25, -0.2) is 0 Å². The van der Waals surface area contributed by atoms with Crippen molar-refractivity contribution in [2.75, 3.05) is 25.2 Å². The number of halogens is 1. The molecule has 0 saturated carbocycles. The fourth-order valence-electron chi connectivity index (χ4n) is 3.21. The summed E-state index contributed by atoms with van der Waals surface area (Å²) in [6.07, 6.45) is 0.486. The lowest BCUT2D eigenvalue weighted by Gasteiger charge is -2.17. The van der Waals surface area contributed by atoms with Crippen LogP contribution in [-0.2, 0) is 16.1 Å². The summed E-state index contributed by atoms with van der Waals surface area (Å²) in [6.45, 7) is 3.27. The van der Waals surface area contributed by atoms with E-state index in [4.69, 9.17) is 21.1 Å². The molecule has 148 valence electrons. The molecule has 0 unspecified atom stereocenters. The van der Waals surface area contributed by atoms with Crippen LogP contribution in [0.4, 0.5) is 5.69 Å². The van der Waals surface area contributed by atoms with Crippen LogP contribution in [0.3, 0.4) is 0 Å². The van der Waals surface area contributed by atoms with Gasteiger partial charge in [-0.1, -0.05) is 17.7 Å². The van der Waals surface area contributed by atoms with E-state index >= 15 is 0 Å². The van der Waals surface area contributed by atoms with Gasteiger partial charge in [-0.3, -0.25) is 9.59 Å². The maximum atomic E-state index is 12.7. The van der Waals surface area contributed by atoms with Crippen molar-refractivity contribution in [3.05, 3.63) is 53.1 Å². The van der Waals surface area contributed by atoms with Crippen molar-refractivity contribution in [2.45, 2.75) is 19.9 Å². The number of hydrogen-bond acceptors (Lipinski definition) is 4. The lowest BCUT2D eigenvalue weighted by Crippen LogP contribution is -2.36. The van der Waals surface area contributed by atoms with E-state index < -0.39 is 5.92 Å². The molecular formula is C21H23ClN2O4. The second-order valence-corrected chi connectivity index (χ2v) is 6.88. The summed E-state index contributed by atoms with van der Waals surface area (Å²) in [6, 6.07) is 12.5. The van der Waals surface area contributed by atoms with Crippen molar-refractivity contribution >= 4 is 29.1 Å². The molecule has 1 heterocycles.